The van der Waals surface area contributed by atoms with Crippen molar-refractivity contribution in [3.63, 3.8) is 0 Å². The quantitative estimate of drug-likeness (QED) is 0.789. The minimum Gasteiger partial charge on any atom is -0.330 e. The van der Waals surface area contributed by atoms with Gasteiger partial charge in [-0.15, -0.1) is 11.8 Å². The zero-order chi connectivity index (χ0) is 14.5. The molecule has 0 radical (unpaired) electrons. The molecular weight excluding hydrogens is 271 g/mol. The Bertz CT molecular complexity index is 402. The SMILES string of the molecule is CC(C)CCSc1ccc(CCN)c(C(F)(F)F)c1. The number of rotatable bonds is 6. The smallest absolute Gasteiger partial charge is 0.330 e. The van der Waals surface area contributed by atoms with Gasteiger partial charge in [0.2, 0.25) is 0 Å². The summed E-state index contributed by atoms with van der Waals surface area (Å²) < 4.78 is 38.9. The molecule has 0 aliphatic carbocycles. The number of nitrogens with two attached hydrogens (primary N) is 1. The van der Waals surface area contributed by atoms with Gasteiger partial charge < -0.3 is 5.73 Å². The van der Waals surface area contributed by atoms with Gasteiger partial charge in [-0.05, 0) is 48.8 Å². The fraction of sp³-hybridized carbons (Fsp3) is 0.571. The van der Waals surface area contributed by atoms with E-state index < -0.39 is 11.7 Å². The number of benzene rings is 1. The summed E-state index contributed by atoms with van der Waals surface area (Å²) in [5.41, 5.74) is 5.08. The molecule has 0 unspecified atom stereocenters. The van der Waals surface area contributed by atoms with Gasteiger partial charge in [-0.1, -0.05) is 19.9 Å². The third kappa shape index (κ3) is 5.45. The molecule has 0 aliphatic rings. The second-order valence-electron chi connectivity index (χ2n) is 4.89. The molecule has 0 atom stereocenters. The molecule has 0 saturated carbocycles. The number of hydrogen-bond donors (Lipinski definition) is 1. The normalized spacial score (nSPS) is 12.2. The highest BCUT2D eigenvalue weighted by Crippen LogP contribution is 2.35. The van der Waals surface area contributed by atoms with Crippen molar-refractivity contribution in [1.82, 2.24) is 0 Å². The van der Waals surface area contributed by atoms with E-state index in [0.717, 1.165) is 12.2 Å². The highest BCUT2D eigenvalue weighted by atomic mass is 32.2. The van der Waals surface area contributed by atoms with Crippen LogP contribution in [-0.4, -0.2) is 12.3 Å². The summed E-state index contributed by atoms with van der Waals surface area (Å²) in [7, 11) is 0. The molecule has 0 spiro atoms. The lowest BCUT2D eigenvalue weighted by Gasteiger charge is -2.14. The predicted octanol–water partition coefficient (Wildman–Crippen LogP) is 4.34. The van der Waals surface area contributed by atoms with E-state index in [-0.39, 0.29) is 18.5 Å². The molecule has 0 aromatic heterocycles. The van der Waals surface area contributed by atoms with Crippen molar-refractivity contribution in [3.05, 3.63) is 29.3 Å². The molecule has 2 N–H and O–H groups in total. The first kappa shape index (κ1) is 16.4. The Morgan fingerprint density at radius 2 is 1.95 bits per heavy atom. The summed E-state index contributed by atoms with van der Waals surface area (Å²) in [6.07, 6.45) is -3.05. The Morgan fingerprint density at radius 3 is 2.47 bits per heavy atom. The van der Waals surface area contributed by atoms with Crippen LogP contribution < -0.4 is 5.73 Å². The lowest BCUT2D eigenvalue weighted by atomic mass is 10.0. The van der Waals surface area contributed by atoms with Crippen LogP contribution in [-0.2, 0) is 12.6 Å². The van der Waals surface area contributed by atoms with Gasteiger partial charge in [-0.25, -0.2) is 0 Å². The predicted molar refractivity (Wildman–Crippen MR) is 74.4 cm³/mol. The summed E-state index contributed by atoms with van der Waals surface area (Å²) >= 11 is 1.47. The van der Waals surface area contributed by atoms with Gasteiger partial charge >= 0.3 is 6.18 Å². The van der Waals surface area contributed by atoms with Crippen molar-refractivity contribution in [1.29, 1.82) is 0 Å². The molecule has 0 saturated heterocycles. The molecule has 5 heteroatoms. The molecule has 0 amide bonds. The van der Waals surface area contributed by atoms with Gasteiger partial charge in [0.1, 0.15) is 0 Å². The van der Waals surface area contributed by atoms with Crippen LogP contribution in [0.2, 0.25) is 0 Å². The number of alkyl halides is 3. The number of thioether (sulfide) groups is 1. The molecule has 108 valence electrons. The molecule has 0 heterocycles. The minimum atomic E-state index is -4.31. The molecule has 19 heavy (non-hydrogen) atoms. The Labute approximate surface area is 116 Å². The van der Waals surface area contributed by atoms with E-state index in [0.29, 0.717) is 10.8 Å². The molecule has 0 aliphatic heterocycles. The average Bonchev–Trinajstić information content (AvgIpc) is 2.29. The largest absolute Gasteiger partial charge is 0.416 e. The topological polar surface area (TPSA) is 26.0 Å². The van der Waals surface area contributed by atoms with Gasteiger partial charge in [-0.2, -0.15) is 13.2 Å². The zero-order valence-electron chi connectivity index (χ0n) is 11.3. The fourth-order valence-corrected chi connectivity index (χ4v) is 2.89. The monoisotopic (exact) mass is 291 g/mol. The second kappa shape index (κ2) is 7.20. The van der Waals surface area contributed by atoms with Gasteiger partial charge in [0.05, 0.1) is 5.56 Å². The Morgan fingerprint density at radius 1 is 1.26 bits per heavy atom. The van der Waals surface area contributed by atoms with E-state index in [9.17, 15) is 13.2 Å². The summed E-state index contributed by atoms with van der Waals surface area (Å²) in [5.74, 6) is 1.40. The first-order chi connectivity index (χ1) is 8.84. The zero-order valence-corrected chi connectivity index (χ0v) is 12.1. The van der Waals surface area contributed by atoms with Crippen LogP contribution >= 0.6 is 11.8 Å². The van der Waals surface area contributed by atoms with Crippen LogP contribution in [0.3, 0.4) is 0 Å². The van der Waals surface area contributed by atoms with E-state index in [1.54, 1.807) is 12.1 Å². The molecule has 0 bridgehead atoms. The van der Waals surface area contributed by atoms with Crippen LogP contribution in [0.15, 0.2) is 23.1 Å². The maximum Gasteiger partial charge on any atom is 0.416 e. The number of hydrogen-bond acceptors (Lipinski definition) is 2. The van der Waals surface area contributed by atoms with Crippen molar-refractivity contribution in [2.75, 3.05) is 12.3 Å². The van der Waals surface area contributed by atoms with E-state index >= 15 is 0 Å². The van der Waals surface area contributed by atoms with E-state index in [1.807, 2.05) is 0 Å². The van der Waals surface area contributed by atoms with Gasteiger partial charge in [0, 0.05) is 4.90 Å². The third-order valence-electron chi connectivity index (χ3n) is 2.76. The van der Waals surface area contributed by atoms with Crippen molar-refractivity contribution in [2.45, 2.75) is 37.8 Å². The summed E-state index contributed by atoms with van der Waals surface area (Å²) in [4.78, 5) is 0.675. The highest BCUT2D eigenvalue weighted by molar-refractivity contribution is 7.99. The van der Waals surface area contributed by atoms with Crippen molar-refractivity contribution >= 4 is 11.8 Å². The van der Waals surface area contributed by atoms with Crippen LogP contribution in [0.4, 0.5) is 13.2 Å². The van der Waals surface area contributed by atoms with Gasteiger partial charge in [-0.3, -0.25) is 0 Å². The molecule has 1 aromatic carbocycles. The summed E-state index contributed by atoms with van der Waals surface area (Å²) in [6.45, 7) is 4.43. The van der Waals surface area contributed by atoms with Crippen molar-refractivity contribution < 1.29 is 13.2 Å². The van der Waals surface area contributed by atoms with E-state index in [2.05, 4.69) is 13.8 Å². The summed E-state index contributed by atoms with van der Waals surface area (Å²) in [6, 6.07) is 4.55. The van der Waals surface area contributed by atoms with Crippen LogP contribution in [0.5, 0.6) is 0 Å². The van der Waals surface area contributed by atoms with Crippen molar-refractivity contribution in [3.8, 4) is 0 Å². The molecular formula is C14H20F3NS. The molecule has 1 nitrogen and oxygen atoms in total. The Kier molecular flexibility index (Phi) is 6.20. The highest BCUT2D eigenvalue weighted by Gasteiger charge is 2.33. The lowest BCUT2D eigenvalue weighted by Crippen LogP contribution is -2.12. The first-order valence-electron chi connectivity index (χ1n) is 6.37. The summed E-state index contributed by atoms with van der Waals surface area (Å²) in [5, 5.41) is 0. The van der Waals surface area contributed by atoms with E-state index in [1.165, 1.54) is 17.8 Å². The average molecular weight is 291 g/mol. The minimum absolute atomic E-state index is 0.225. The Balaban J connectivity index is 2.86. The maximum absolute atomic E-state index is 13.0. The van der Waals surface area contributed by atoms with Gasteiger partial charge in [0.15, 0.2) is 0 Å². The van der Waals surface area contributed by atoms with Crippen LogP contribution in [0, 0.1) is 5.92 Å². The molecule has 1 rings (SSSR count). The fourth-order valence-electron chi connectivity index (χ4n) is 1.70. The second-order valence-corrected chi connectivity index (χ2v) is 6.05. The van der Waals surface area contributed by atoms with Gasteiger partial charge in [0.25, 0.3) is 0 Å². The Hall–Kier alpha value is -0.680. The maximum atomic E-state index is 13.0. The lowest BCUT2D eigenvalue weighted by molar-refractivity contribution is -0.138. The standard InChI is InChI=1S/C14H20F3NS/c1-10(2)6-8-19-12-4-3-11(5-7-18)13(9-12)14(15,16)17/h3-4,9-10H,5-8,18H2,1-2H3. The van der Waals surface area contributed by atoms with E-state index in [4.69, 9.17) is 5.73 Å². The van der Waals surface area contributed by atoms with Crippen LogP contribution in [0.25, 0.3) is 0 Å². The third-order valence-corrected chi connectivity index (χ3v) is 3.79. The first-order valence-corrected chi connectivity index (χ1v) is 7.36. The van der Waals surface area contributed by atoms with Crippen molar-refractivity contribution in [2.24, 2.45) is 11.7 Å². The molecule has 0 fully saturated rings. The number of halogens is 3. The molecule has 1 aromatic rings. The van der Waals surface area contributed by atoms with Crippen LogP contribution in [0.1, 0.15) is 31.4 Å².